The van der Waals surface area contributed by atoms with E-state index < -0.39 is 0 Å². The number of para-hydroxylation sites is 1. The van der Waals surface area contributed by atoms with Crippen LogP contribution in [0, 0.1) is 6.92 Å². The number of nitrogens with zero attached hydrogens (tertiary/aromatic N) is 4. The Bertz CT molecular complexity index is 1110. The standard InChI is InChI=1S/C22H19N5OS/c1-15-20(18-10-6-7-13-23-18)29-22(25-15)26-21(28)16-11-12-19(24-14-16)27(2)17-8-4-3-5-9-17/h3-14H,1-2H3,(H,25,26,28). The molecule has 144 valence electrons. The molecule has 1 amide bonds. The molecular formula is C22H19N5OS. The fourth-order valence-corrected chi connectivity index (χ4v) is 3.79. The average molecular weight is 401 g/mol. The number of carbonyl (C=O) groups is 1. The Balaban J connectivity index is 1.48. The van der Waals surface area contributed by atoms with Crippen LogP contribution in [0.15, 0.2) is 73.1 Å². The minimum absolute atomic E-state index is 0.243. The molecule has 0 spiro atoms. The molecule has 0 saturated heterocycles. The number of pyridine rings is 2. The number of anilines is 3. The van der Waals surface area contributed by atoms with Gasteiger partial charge >= 0.3 is 0 Å². The zero-order chi connectivity index (χ0) is 20.2. The predicted molar refractivity (Wildman–Crippen MR) is 117 cm³/mol. The van der Waals surface area contributed by atoms with E-state index in [1.165, 1.54) is 11.3 Å². The van der Waals surface area contributed by atoms with E-state index in [2.05, 4.69) is 20.3 Å². The number of rotatable bonds is 5. The van der Waals surface area contributed by atoms with Gasteiger partial charge in [0.15, 0.2) is 5.13 Å². The minimum atomic E-state index is -0.243. The zero-order valence-electron chi connectivity index (χ0n) is 16.0. The van der Waals surface area contributed by atoms with Crippen molar-refractivity contribution in [1.29, 1.82) is 0 Å². The van der Waals surface area contributed by atoms with Gasteiger partial charge in [-0.15, -0.1) is 0 Å². The number of thiazole rings is 1. The Morgan fingerprint density at radius 3 is 2.48 bits per heavy atom. The monoisotopic (exact) mass is 401 g/mol. The van der Waals surface area contributed by atoms with Crippen molar-refractivity contribution in [2.45, 2.75) is 6.92 Å². The summed E-state index contributed by atoms with van der Waals surface area (Å²) in [5.74, 6) is 0.517. The summed E-state index contributed by atoms with van der Waals surface area (Å²) < 4.78 is 0. The van der Waals surface area contributed by atoms with Crippen molar-refractivity contribution >= 4 is 33.9 Å². The Morgan fingerprint density at radius 1 is 1.00 bits per heavy atom. The Hall–Kier alpha value is -3.58. The van der Waals surface area contributed by atoms with Crippen molar-refractivity contribution in [3.05, 3.63) is 84.3 Å². The molecule has 0 radical (unpaired) electrons. The Kier molecular flexibility index (Phi) is 5.31. The first kappa shape index (κ1) is 18.8. The third-order valence-electron chi connectivity index (χ3n) is 4.41. The maximum atomic E-state index is 12.6. The van der Waals surface area contributed by atoms with Gasteiger partial charge in [-0.1, -0.05) is 35.6 Å². The molecule has 0 fully saturated rings. The quantitative estimate of drug-likeness (QED) is 0.513. The van der Waals surface area contributed by atoms with E-state index in [0.717, 1.165) is 27.8 Å². The van der Waals surface area contributed by atoms with Crippen LogP contribution in [0.2, 0.25) is 0 Å². The molecule has 1 N–H and O–H groups in total. The molecule has 0 aliphatic rings. The van der Waals surface area contributed by atoms with Gasteiger partial charge in [0.25, 0.3) is 5.91 Å². The lowest BCUT2D eigenvalue weighted by molar-refractivity contribution is 0.102. The highest BCUT2D eigenvalue weighted by atomic mass is 32.1. The van der Waals surface area contributed by atoms with E-state index >= 15 is 0 Å². The first-order chi connectivity index (χ1) is 14.1. The number of hydrogen-bond donors (Lipinski definition) is 1. The highest BCUT2D eigenvalue weighted by Crippen LogP contribution is 2.31. The molecule has 0 unspecified atom stereocenters. The second-order valence-electron chi connectivity index (χ2n) is 6.40. The number of aryl methyl sites for hydroxylation is 1. The van der Waals surface area contributed by atoms with Crippen LogP contribution in [0.5, 0.6) is 0 Å². The lowest BCUT2D eigenvalue weighted by Crippen LogP contribution is -2.14. The summed E-state index contributed by atoms with van der Waals surface area (Å²) in [6.07, 6.45) is 3.32. The maximum absolute atomic E-state index is 12.6. The summed E-state index contributed by atoms with van der Waals surface area (Å²) in [5.41, 5.74) is 3.18. The van der Waals surface area contributed by atoms with Crippen LogP contribution >= 0.6 is 11.3 Å². The van der Waals surface area contributed by atoms with Crippen LogP contribution < -0.4 is 10.2 Å². The van der Waals surface area contributed by atoms with E-state index in [-0.39, 0.29) is 5.91 Å². The zero-order valence-corrected chi connectivity index (χ0v) is 16.9. The molecule has 29 heavy (non-hydrogen) atoms. The van der Waals surface area contributed by atoms with Gasteiger partial charge in [-0.3, -0.25) is 15.1 Å². The Labute approximate surface area is 172 Å². The molecule has 3 aromatic heterocycles. The lowest BCUT2D eigenvalue weighted by atomic mass is 10.2. The van der Waals surface area contributed by atoms with Crippen molar-refractivity contribution in [2.75, 3.05) is 17.3 Å². The second kappa shape index (κ2) is 8.20. The summed E-state index contributed by atoms with van der Waals surface area (Å²) in [4.78, 5) is 28.8. The predicted octanol–water partition coefficient (Wildman–Crippen LogP) is 4.93. The summed E-state index contributed by atoms with van der Waals surface area (Å²) in [6, 6.07) is 19.2. The van der Waals surface area contributed by atoms with Crippen LogP contribution in [-0.4, -0.2) is 27.9 Å². The van der Waals surface area contributed by atoms with Crippen molar-refractivity contribution in [3.8, 4) is 10.6 Å². The van der Waals surface area contributed by atoms with Crippen LogP contribution in [0.1, 0.15) is 16.1 Å². The third-order valence-corrected chi connectivity index (χ3v) is 5.51. The second-order valence-corrected chi connectivity index (χ2v) is 7.40. The van der Waals surface area contributed by atoms with Gasteiger partial charge in [-0.05, 0) is 43.3 Å². The topological polar surface area (TPSA) is 71.0 Å². The van der Waals surface area contributed by atoms with E-state index in [4.69, 9.17) is 0 Å². The number of aromatic nitrogens is 3. The molecule has 7 heteroatoms. The maximum Gasteiger partial charge on any atom is 0.259 e. The molecule has 3 heterocycles. The van der Waals surface area contributed by atoms with Gasteiger partial charge < -0.3 is 4.90 Å². The first-order valence-electron chi connectivity index (χ1n) is 9.07. The summed E-state index contributed by atoms with van der Waals surface area (Å²) >= 11 is 1.41. The molecule has 0 aliphatic heterocycles. The van der Waals surface area contributed by atoms with E-state index in [9.17, 15) is 4.79 Å². The molecule has 4 aromatic rings. The van der Waals surface area contributed by atoms with Crippen LogP contribution in [0.25, 0.3) is 10.6 Å². The number of nitrogens with one attached hydrogen (secondary N) is 1. The highest BCUT2D eigenvalue weighted by Gasteiger charge is 2.14. The summed E-state index contributed by atoms with van der Waals surface area (Å²) in [6.45, 7) is 1.91. The minimum Gasteiger partial charge on any atom is -0.329 e. The largest absolute Gasteiger partial charge is 0.329 e. The van der Waals surface area contributed by atoms with Gasteiger partial charge in [0.2, 0.25) is 0 Å². The van der Waals surface area contributed by atoms with Crippen LogP contribution in [0.4, 0.5) is 16.6 Å². The van der Waals surface area contributed by atoms with Crippen LogP contribution in [0.3, 0.4) is 0 Å². The fourth-order valence-electron chi connectivity index (χ4n) is 2.86. The van der Waals surface area contributed by atoms with Gasteiger partial charge in [0.05, 0.1) is 21.8 Å². The van der Waals surface area contributed by atoms with Gasteiger partial charge in [0, 0.05) is 25.1 Å². The molecule has 0 atom stereocenters. The SMILES string of the molecule is Cc1nc(NC(=O)c2ccc(N(C)c3ccccc3)nc2)sc1-c1ccccn1. The van der Waals surface area contributed by atoms with Crippen molar-refractivity contribution in [1.82, 2.24) is 15.0 Å². The molecule has 6 nitrogen and oxygen atoms in total. The molecule has 1 aromatic carbocycles. The molecule has 0 bridgehead atoms. The summed E-state index contributed by atoms with van der Waals surface area (Å²) in [5, 5.41) is 3.40. The number of carbonyl (C=O) groups excluding carboxylic acids is 1. The smallest absolute Gasteiger partial charge is 0.259 e. The third kappa shape index (κ3) is 4.14. The van der Waals surface area contributed by atoms with Crippen molar-refractivity contribution < 1.29 is 4.79 Å². The molecule has 0 aliphatic carbocycles. The van der Waals surface area contributed by atoms with Crippen LogP contribution in [-0.2, 0) is 0 Å². The van der Waals surface area contributed by atoms with Gasteiger partial charge in [-0.25, -0.2) is 9.97 Å². The van der Waals surface area contributed by atoms with E-state index in [1.807, 2.05) is 73.5 Å². The first-order valence-corrected chi connectivity index (χ1v) is 9.88. The molecule has 4 rings (SSSR count). The Morgan fingerprint density at radius 2 is 1.79 bits per heavy atom. The lowest BCUT2D eigenvalue weighted by Gasteiger charge is -2.18. The number of hydrogen-bond acceptors (Lipinski definition) is 6. The summed E-state index contributed by atoms with van der Waals surface area (Å²) in [7, 11) is 1.94. The van der Waals surface area contributed by atoms with E-state index in [1.54, 1.807) is 18.5 Å². The van der Waals surface area contributed by atoms with Crippen molar-refractivity contribution in [3.63, 3.8) is 0 Å². The number of amides is 1. The van der Waals surface area contributed by atoms with E-state index in [0.29, 0.717) is 10.7 Å². The van der Waals surface area contributed by atoms with Gasteiger partial charge in [0.1, 0.15) is 5.82 Å². The molecular weight excluding hydrogens is 382 g/mol. The highest BCUT2D eigenvalue weighted by molar-refractivity contribution is 7.19. The van der Waals surface area contributed by atoms with Gasteiger partial charge in [-0.2, -0.15) is 0 Å². The normalized spacial score (nSPS) is 10.6. The molecule has 0 saturated carbocycles. The average Bonchev–Trinajstić information content (AvgIpc) is 3.14. The fraction of sp³-hybridized carbons (Fsp3) is 0.0909. The number of benzene rings is 1. The van der Waals surface area contributed by atoms with Crippen molar-refractivity contribution in [2.24, 2.45) is 0 Å².